The number of nitrogens with zero attached hydrogens (tertiary/aromatic N) is 2. The molecule has 0 aliphatic carbocycles. The Bertz CT molecular complexity index is 977. The predicted octanol–water partition coefficient (Wildman–Crippen LogP) is 2.81. The number of hydrogen-bond donors (Lipinski definition) is 1. The number of pyridine rings is 1. The fourth-order valence-corrected chi connectivity index (χ4v) is 6.72. The van der Waals surface area contributed by atoms with Crippen molar-refractivity contribution < 1.29 is 13.2 Å². The second-order valence-corrected chi connectivity index (χ2v) is 9.68. The van der Waals surface area contributed by atoms with Crippen molar-refractivity contribution in [3.05, 3.63) is 59.4 Å². The topological polar surface area (TPSA) is 79.4 Å². The van der Waals surface area contributed by atoms with Gasteiger partial charge in [-0.1, -0.05) is 17.7 Å². The minimum atomic E-state index is -3.54. The van der Waals surface area contributed by atoms with Gasteiger partial charge in [-0.3, -0.25) is 9.78 Å². The lowest BCUT2D eigenvalue weighted by atomic mass is 9.99. The van der Waals surface area contributed by atoms with Gasteiger partial charge >= 0.3 is 0 Å². The van der Waals surface area contributed by atoms with E-state index in [2.05, 4.69) is 10.3 Å². The van der Waals surface area contributed by atoms with Crippen molar-refractivity contribution in [3.8, 4) is 0 Å². The van der Waals surface area contributed by atoms with Crippen LogP contribution in [0.2, 0.25) is 0 Å². The monoisotopic (exact) mass is 399 g/mol. The molecule has 0 saturated carbocycles. The molecule has 6 nitrogen and oxygen atoms in total. The molecule has 2 saturated heterocycles. The number of aryl methyl sites for hydroxylation is 2. The maximum Gasteiger partial charge on any atom is 0.251 e. The van der Waals surface area contributed by atoms with E-state index in [-0.39, 0.29) is 24.0 Å². The first-order chi connectivity index (χ1) is 13.4. The Kier molecular flexibility index (Phi) is 4.97. The lowest BCUT2D eigenvalue weighted by Crippen LogP contribution is -2.52. The zero-order valence-electron chi connectivity index (χ0n) is 16.1. The largest absolute Gasteiger partial charge is 0.349 e. The number of benzene rings is 1. The molecule has 2 aromatic rings. The van der Waals surface area contributed by atoms with Crippen molar-refractivity contribution in [2.75, 3.05) is 0 Å². The fourth-order valence-electron chi connectivity index (χ4n) is 4.62. The Morgan fingerprint density at radius 3 is 2.32 bits per heavy atom. The number of nitrogens with one attached hydrogen (secondary N) is 1. The van der Waals surface area contributed by atoms with Crippen LogP contribution in [0.3, 0.4) is 0 Å². The smallest absolute Gasteiger partial charge is 0.251 e. The van der Waals surface area contributed by atoms with E-state index in [0.717, 1.165) is 24.0 Å². The van der Waals surface area contributed by atoms with Crippen molar-refractivity contribution in [3.63, 3.8) is 0 Å². The quantitative estimate of drug-likeness (QED) is 0.857. The number of amides is 1. The Morgan fingerprint density at radius 1 is 1.07 bits per heavy atom. The third kappa shape index (κ3) is 3.44. The molecule has 2 unspecified atom stereocenters. The van der Waals surface area contributed by atoms with Crippen LogP contribution in [0.15, 0.2) is 47.6 Å². The van der Waals surface area contributed by atoms with Gasteiger partial charge in [-0.25, -0.2) is 8.42 Å². The van der Waals surface area contributed by atoms with E-state index in [1.165, 1.54) is 0 Å². The highest BCUT2D eigenvalue weighted by atomic mass is 32.2. The number of hydrogen-bond acceptors (Lipinski definition) is 4. The fraction of sp³-hybridized carbons (Fsp3) is 0.429. The van der Waals surface area contributed by atoms with Crippen LogP contribution in [0.1, 0.15) is 47.2 Å². The summed E-state index contributed by atoms with van der Waals surface area (Å²) in [6, 6.07) is 8.72. The van der Waals surface area contributed by atoms with Crippen molar-refractivity contribution >= 4 is 15.9 Å². The second-order valence-electron chi connectivity index (χ2n) is 7.87. The molecule has 2 aliphatic heterocycles. The summed E-state index contributed by atoms with van der Waals surface area (Å²) in [6.07, 6.45) is 6.18. The van der Waals surface area contributed by atoms with E-state index in [9.17, 15) is 13.2 Å². The minimum absolute atomic E-state index is 0.0104. The molecule has 2 fully saturated rings. The third-order valence-electron chi connectivity index (χ3n) is 5.83. The second kappa shape index (κ2) is 7.29. The van der Waals surface area contributed by atoms with E-state index in [1.807, 2.05) is 26.0 Å². The highest BCUT2D eigenvalue weighted by molar-refractivity contribution is 7.89. The van der Waals surface area contributed by atoms with Gasteiger partial charge in [0.15, 0.2) is 0 Å². The van der Waals surface area contributed by atoms with Gasteiger partial charge in [0.25, 0.3) is 5.91 Å². The van der Waals surface area contributed by atoms with Crippen molar-refractivity contribution in [1.82, 2.24) is 14.6 Å². The molecule has 2 aliphatic rings. The van der Waals surface area contributed by atoms with Crippen LogP contribution in [-0.4, -0.2) is 41.7 Å². The number of carbonyl (C=O) groups is 1. The predicted molar refractivity (Wildman–Crippen MR) is 106 cm³/mol. The first kappa shape index (κ1) is 19.1. The molecule has 1 amide bonds. The molecule has 1 N–H and O–H groups in total. The summed E-state index contributed by atoms with van der Waals surface area (Å²) in [7, 11) is -3.54. The van der Waals surface area contributed by atoms with Gasteiger partial charge in [-0.05, 0) is 63.3 Å². The Morgan fingerprint density at radius 2 is 1.71 bits per heavy atom. The van der Waals surface area contributed by atoms with Crippen molar-refractivity contribution in [1.29, 1.82) is 0 Å². The van der Waals surface area contributed by atoms with Gasteiger partial charge in [0.1, 0.15) is 0 Å². The molecule has 0 spiro atoms. The molecule has 4 rings (SSSR count). The van der Waals surface area contributed by atoms with E-state index < -0.39 is 10.0 Å². The van der Waals surface area contributed by atoms with Gasteiger partial charge in [-0.2, -0.15) is 4.31 Å². The van der Waals surface area contributed by atoms with E-state index in [0.29, 0.717) is 23.3 Å². The normalized spacial score (nSPS) is 24.9. The molecule has 3 heterocycles. The number of aromatic nitrogens is 1. The van der Waals surface area contributed by atoms with Gasteiger partial charge < -0.3 is 5.32 Å². The Labute approximate surface area is 166 Å². The average Bonchev–Trinajstić information content (AvgIpc) is 2.94. The van der Waals surface area contributed by atoms with Crippen LogP contribution in [0, 0.1) is 13.8 Å². The number of sulfonamides is 1. The number of piperidine rings is 1. The van der Waals surface area contributed by atoms with Gasteiger partial charge in [-0.15, -0.1) is 0 Å². The standard InChI is InChI=1S/C21H25N3O3S/c1-14-3-6-20(15(2)11-14)28(26,27)24-18-4-5-19(24)13-17(12-18)23-21(25)16-7-9-22-10-8-16/h3,6-11,17-19H,4-5,12-13H2,1-2H3,(H,23,25). The Balaban J connectivity index is 1.52. The summed E-state index contributed by atoms with van der Waals surface area (Å²) >= 11 is 0. The van der Waals surface area contributed by atoms with Crippen LogP contribution in [-0.2, 0) is 10.0 Å². The van der Waals surface area contributed by atoms with E-state index in [4.69, 9.17) is 0 Å². The lowest BCUT2D eigenvalue weighted by molar-refractivity contribution is 0.0909. The number of carbonyl (C=O) groups excluding carboxylic acids is 1. The SMILES string of the molecule is Cc1ccc(S(=O)(=O)N2C3CCC2CC(NC(=O)c2ccncc2)C3)c(C)c1. The molecule has 1 aromatic carbocycles. The zero-order valence-corrected chi connectivity index (χ0v) is 16.9. The van der Waals surface area contributed by atoms with Crippen LogP contribution in [0.5, 0.6) is 0 Å². The summed E-state index contributed by atoms with van der Waals surface area (Å²) in [5, 5.41) is 3.08. The molecule has 1 aromatic heterocycles. The summed E-state index contributed by atoms with van der Waals surface area (Å²) in [5.74, 6) is -0.127. The molecule has 2 bridgehead atoms. The summed E-state index contributed by atoms with van der Waals surface area (Å²) in [6.45, 7) is 3.81. The molecular formula is C21H25N3O3S. The third-order valence-corrected chi connectivity index (χ3v) is 7.99. The Hall–Kier alpha value is -2.25. The molecule has 7 heteroatoms. The van der Waals surface area contributed by atoms with Crippen molar-refractivity contribution in [2.45, 2.75) is 62.6 Å². The minimum Gasteiger partial charge on any atom is -0.349 e. The van der Waals surface area contributed by atoms with Crippen molar-refractivity contribution in [2.24, 2.45) is 0 Å². The first-order valence-corrected chi connectivity index (χ1v) is 11.1. The summed E-state index contributed by atoms with van der Waals surface area (Å²) in [5.41, 5.74) is 2.41. The first-order valence-electron chi connectivity index (χ1n) is 9.68. The van der Waals surface area contributed by atoms with Crippen LogP contribution in [0.25, 0.3) is 0 Å². The molecule has 148 valence electrons. The average molecular weight is 400 g/mol. The molecular weight excluding hydrogens is 374 g/mol. The number of fused-ring (bicyclic) bond motifs is 2. The van der Waals surface area contributed by atoms with Crippen LogP contribution < -0.4 is 5.32 Å². The summed E-state index contributed by atoms with van der Waals surface area (Å²) in [4.78, 5) is 16.8. The zero-order chi connectivity index (χ0) is 19.9. The van der Waals surface area contributed by atoms with Gasteiger partial charge in [0.2, 0.25) is 10.0 Å². The maximum atomic E-state index is 13.4. The lowest BCUT2D eigenvalue weighted by Gasteiger charge is -2.38. The highest BCUT2D eigenvalue weighted by Gasteiger charge is 2.47. The van der Waals surface area contributed by atoms with E-state index in [1.54, 1.807) is 34.9 Å². The van der Waals surface area contributed by atoms with Gasteiger partial charge in [0, 0.05) is 36.1 Å². The molecule has 0 radical (unpaired) electrons. The number of rotatable bonds is 4. The van der Waals surface area contributed by atoms with Crippen LogP contribution >= 0.6 is 0 Å². The maximum absolute atomic E-state index is 13.4. The summed E-state index contributed by atoms with van der Waals surface area (Å²) < 4.78 is 28.4. The van der Waals surface area contributed by atoms with Gasteiger partial charge in [0.05, 0.1) is 4.90 Å². The highest BCUT2D eigenvalue weighted by Crippen LogP contribution is 2.40. The molecule has 28 heavy (non-hydrogen) atoms. The molecule has 2 atom stereocenters. The van der Waals surface area contributed by atoms with E-state index >= 15 is 0 Å². The van der Waals surface area contributed by atoms with Crippen LogP contribution in [0.4, 0.5) is 0 Å².